The second kappa shape index (κ2) is 7.44. The number of fused-ring (bicyclic) bond motifs is 1. The Morgan fingerprint density at radius 3 is 2.53 bits per heavy atom. The number of aromatic nitrogens is 2. The normalized spacial score (nSPS) is 18.6. The van der Waals surface area contributed by atoms with E-state index in [1.807, 2.05) is 68.6 Å². The molecular weight excluding hydrogens is 378 g/mol. The van der Waals surface area contributed by atoms with Crippen molar-refractivity contribution in [3.63, 3.8) is 0 Å². The van der Waals surface area contributed by atoms with Crippen LogP contribution in [0.25, 0.3) is 5.69 Å². The van der Waals surface area contributed by atoms with Crippen LogP contribution in [0, 0.1) is 19.3 Å². The molecular formula is C24H25N3O3. The van der Waals surface area contributed by atoms with Gasteiger partial charge in [0.15, 0.2) is 0 Å². The average molecular weight is 403 g/mol. The summed E-state index contributed by atoms with van der Waals surface area (Å²) >= 11 is 0. The molecule has 1 aliphatic heterocycles. The summed E-state index contributed by atoms with van der Waals surface area (Å²) < 4.78 is 1.79. The summed E-state index contributed by atoms with van der Waals surface area (Å²) in [7, 11) is 0. The van der Waals surface area contributed by atoms with Gasteiger partial charge in [0.1, 0.15) is 0 Å². The van der Waals surface area contributed by atoms with Gasteiger partial charge < -0.3 is 10.0 Å². The molecule has 1 aliphatic rings. The number of carboxylic acids is 1. The van der Waals surface area contributed by atoms with Crippen molar-refractivity contribution >= 4 is 17.6 Å². The molecule has 2 heterocycles. The van der Waals surface area contributed by atoms with E-state index < -0.39 is 11.4 Å². The molecule has 30 heavy (non-hydrogen) atoms. The van der Waals surface area contributed by atoms with Crippen LogP contribution in [-0.2, 0) is 11.2 Å². The number of carbonyl (C=O) groups is 2. The summed E-state index contributed by atoms with van der Waals surface area (Å²) in [4.78, 5) is 27.2. The van der Waals surface area contributed by atoms with Crippen LogP contribution in [0.15, 0.2) is 54.7 Å². The highest BCUT2D eigenvalue weighted by Gasteiger charge is 2.38. The van der Waals surface area contributed by atoms with Crippen molar-refractivity contribution in [2.24, 2.45) is 5.41 Å². The summed E-state index contributed by atoms with van der Waals surface area (Å²) in [5, 5.41) is 14.2. The third-order valence-corrected chi connectivity index (χ3v) is 5.94. The minimum absolute atomic E-state index is 0.113. The van der Waals surface area contributed by atoms with E-state index in [4.69, 9.17) is 0 Å². The van der Waals surface area contributed by atoms with Crippen LogP contribution >= 0.6 is 0 Å². The van der Waals surface area contributed by atoms with Gasteiger partial charge in [-0.25, -0.2) is 4.68 Å². The lowest BCUT2D eigenvalue weighted by Crippen LogP contribution is -2.35. The Morgan fingerprint density at radius 1 is 1.10 bits per heavy atom. The molecule has 154 valence electrons. The number of carbonyl (C=O) groups excluding carboxylic acids is 1. The molecule has 1 unspecified atom stereocenters. The number of hydrogen-bond donors (Lipinski definition) is 1. The number of rotatable bonds is 3. The summed E-state index contributed by atoms with van der Waals surface area (Å²) in [6.07, 6.45) is 2.69. The Bertz CT molecular complexity index is 1130. The number of nitrogens with zero attached hydrogens (tertiary/aromatic N) is 3. The Balaban J connectivity index is 1.70. The van der Waals surface area contributed by atoms with E-state index in [-0.39, 0.29) is 5.91 Å². The zero-order chi connectivity index (χ0) is 21.5. The maximum Gasteiger partial charge on any atom is 0.309 e. The molecule has 0 aliphatic carbocycles. The number of hydrogen-bond acceptors (Lipinski definition) is 3. The van der Waals surface area contributed by atoms with Gasteiger partial charge in [-0.15, -0.1) is 0 Å². The SMILES string of the molecule is Cc1ccn(-c2ccc(C(=O)N3CCC(C)(C(=O)O)Cc4ccccc43)c(C)c2)n1. The Hall–Kier alpha value is -3.41. The summed E-state index contributed by atoms with van der Waals surface area (Å²) in [6.45, 7) is 5.96. The smallest absolute Gasteiger partial charge is 0.309 e. The minimum Gasteiger partial charge on any atom is -0.481 e. The molecule has 0 spiro atoms. The van der Waals surface area contributed by atoms with Gasteiger partial charge in [-0.05, 0) is 75.1 Å². The van der Waals surface area contributed by atoms with Crippen molar-refractivity contribution in [3.8, 4) is 5.69 Å². The van der Waals surface area contributed by atoms with Gasteiger partial charge in [0, 0.05) is 24.0 Å². The second-order valence-corrected chi connectivity index (χ2v) is 8.28. The van der Waals surface area contributed by atoms with Gasteiger partial charge in [-0.3, -0.25) is 9.59 Å². The van der Waals surface area contributed by atoms with Crippen molar-refractivity contribution in [2.45, 2.75) is 33.6 Å². The number of anilines is 1. The first-order valence-electron chi connectivity index (χ1n) is 10.0. The van der Waals surface area contributed by atoms with Gasteiger partial charge in [0.25, 0.3) is 5.91 Å². The highest BCUT2D eigenvalue weighted by atomic mass is 16.4. The van der Waals surface area contributed by atoms with Crippen molar-refractivity contribution in [2.75, 3.05) is 11.4 Å². The Labute approximate surface area is 175 Å². The van der Waals surface area contributed by atoms with Crippen molar-refractivity contribution < 1.29 is 14.7 Å². The zero-order valence-corrected chi connectivity index (χ0v) is 17.4. The third-order valence-electron chi connectivity index (χ3n) is 5.94. The van der Waals surface area contributed by atoms with Crippen molar-refractivity contribution in [1.29, 1.82) is 0 Å². The van der Waals surface area contributed by atoms with Crippen LogP contribution in [0.2, 0.25) is 0 Å². The topological polar surface area (TPSA) is 75.4 Å². The summed E-state index contributed by atoms with van der Waals surface area (Å²) in [5.74, 6) is -0.945. The number of para-hydroxylation sites is 1. The highest BCUT2D eigenvalue weighted by Crippen LogP contribution is 2.37. The summed E-state index contributed by atoms with van der Waals surface area (Å²) in [6, 6.07) is 15.2. The fourth-order valence-corrected chi connectivity index (χ4v) is 4.04. The fraction of sp³-hybridized carbons (Fsp3) is 0.292. The van der Waals surface area contributed by atoms with Gasteiger partial charge in [-0.2, -0.15) is 5.10 Å². The predicted molar refractivity (Wildman–Crippen MR) is 115 cm³/mol. The first kappa shape index (κ1) is 19.9. The first-order valence-corrected chi connectivity index (χ1v) is 10.0. The molecule has 6 nitrogen and oxygen atoms in total. The molecule has 0 saturated carbocycles. The molecule has 1 amide bonds. The first-order chi connectivity index (χ1) is 14.3. The van der Waals surface area contributed by atoms with Crippen LogP contribution in [0.3, 0.4) is 0 Å². The van der Waals surface area contributed by atoms with Crippen LogP contribution in [0.1, 0.15) is 40.5 Å². The molecule has 1 atom stereocenters. The molecule has 6 heteroatoms. The lowest BCUT2D eigenvalue weighted by Gasteiger charge is -2.25. The predicted octanol–water partition coefficient (Wildman–Crippen LogP) is 4.17. The lowest BCUT2D eigenvalue weighted by atomic mass is 9.81. The second-order valence-electron chi connectivity index (χ2n) is 8.28. The number of carboxylic acid groups (broad SMARTS) is 1. The minimum atomic E-state index is -0.901. The van der Waals surface area contributed by atoms with Crippen molar-refractivity contribution in [1.82, 2.24) is 9.78 Å². The standard InChI is InChI=1S/C24H25N3O3/c1-16-14-19(27-12-10-17(2)25-27)8-9-20(16)22(28)26-13-11-24(3,23(29)30)15-18-6-4-5-7-21(18)26/h4-10,12,14H,11,13,15H2,1-3H3,(H,29,30). The molecule has 1 aromatic heterocycles. The van der Waals surface area contributed by atoms with Crippen LogP contribution in [0.4, 0.5) is 5.69 Å². The average Bonchev–Trinajstić information content (AvgIpc) is 3.08. The van der Waals surface area contributed by atoms with E-state index in [0.717, 1.165) is 28.2 Å². The molecule has 2 aromatic carbocycles. The third kappa shape index (κ3) is 3.49. The van der Waals surface area contributed by atoms with E-state index in [2.05, 4.69) is 5.10 Å². The van der Waals surface area contributed by atoms with Gasteiger partial charge in [0.05, 0.1) is 16.8 Å². The monoisotopic (exact) mass is 403 g/mol. The molecule has 1 N–H and O–H groups in total. The Kier molecular flexibility index (Phi) is 4.94. The van der Waals surface area contributed by atoms with Gasteiger partial charge in [-0.1, -0.05) is 18.2 Å². The van der Waals surface area contributed by atoms with E-state index in [1.165, 1.54) is 0 Å². The van der Waals surface area contributed by atoms with Crippen LogP contribution in [0.5, 0.6) is 0 Å². The molecule has 0 bridgehead atoms. The molecule has 0 fully saturated rings. The lowest BCUT2D eigenvalue weighted by molar-refractivity contribution is -0.148. The van der Waals surface area contributed by atoms with E-state index in [9.17, 15) is 14.7 Å². The number of benzene rings is 2. The largest absolute Gasteiger partial charge is 0.481 e. The number of aryl methyl sites for hydroxylation is 2. The van der Waals surface area contributed by atoms with Crippen LogP contribution in [-0.4, -0.2) is 33.3 Å². The van der Waals surface area contributed by atoms with Gasteiger partial charge >= 0.3 is 5.97 Å². The fourth-order valence-electron chi connectivity index (χ4n) is 4.04. The molecule has 0 saturated heterocycles. The number of amides is 1. The van der Waals surface area contributed by atoms with Gasteiger partial charge in [0.2, 0.25) is 0 Å². The van der Waals surface area contributed by atoms with E-state index >= 15 is 0 Å². The van der Waals surface area contributed by atoms with E-state index in [0.29, 0.717) is 24.9 Å². The Morgan fingerprint density at radius 2 is 1.87 bits per heavy atom. The highest BCUT2D eigenvalue weighted by molar-refractivity contribution is 6.07. The molecule has 0 radical (unpaired) electrons. The molecule has 3 aromatic rings. The number of aliphatic carboxylic acids is 1. The zero-order valence-electron chi connectivity index (χ0n) is 17.4. The maximum atomic E-state index is 13.5. The quantitative estimate of drug-likeness (QED) is 0.712. The van der Waals surface area contributed by atoms with E-state index in [1.54, 1.807) is 16.5 Å². The van der Waals surface area contributed by atoms with Crippen LogP contribution < -0.4 is 4.90 Å². The maximum absolute atomic E-state index is 13.5. The summed E-state index contributed by atoms with van der Waals surface area (Å²) in [5.41, 5.74) is 4.06. The molecule has 4 rings (SSSR count). The van der Waals surface area contributed by atoms with Crippen molar-refractivity contribution in [3.05, 3.63) is 77.1 Å².